The first-order valence-electron chi connectivity index (χ1n) is 30.2. The molecule has 7 amide bonds. The number of unbranched alkanes of at least 4 members (excludes halogenated alkanes) is 5. The summed E-state index contributed by atoms with van der Waals surface area (Å²) in [7, 11) is 0. The van der Waals surface area contributed by atoms with Crippen LogP contribution in [0.4, 0.5) is 0 Å². The van der Waals surface area contributed by atoms with E-state index in [1.807, 2.05) is 0 Å². The molecule has 2 saturated heterocycles. The van der Waals surface area contributed by atoms with Crippen molar-refractivity contribution >= 4 is 47.1 Å². The Hall–Kier alpha value is -6.50. The van der Waals surface area contributed by atoms with Crippen LogP contribution < -0.4 is 26.6 Å². The highest BCUT2D eigenvalue weighted by Crippen LogP contribution is 2.26. The van der Waals surface area contributed by atoms with Crippen molar-refractivity contribution in [2.45, 2.75) is 223 Å². The van der Waals surface area contributed by atoms with Crippen molar-refractivity contribution in [2.24, 2.45) is 11.8 Å². The molecule has 14 atom stereocenters. The molecule has 0 aliphatic carbocycles. The number of aryl methyl sites for hydroxylation is 1. The van der Waals surface area contributed by atoms with Gasteiger partial charge in [0.25, 0.3) is 0 Å². The fourth-order valence-electron chi connectivity index (χ4n) is 11.1. The van der Waals surface area contributed by atoms with E-state index in [1.54, 1.807) is 24.3 Å². The number of hydrogen-bond donors (Lipinski definition) is 14. The smallest absolute Gasteiger partial charge is 0.248 e. The van der Waals surface area contributed by atoms with Gasteiger partial charge in [-0.1, -0.05) is 96.6 Å². The van der Waals surface area contributed by atoms with E-state index in [0.29, 0.717) is 37.5 Å². The first-order chi connectivity index (χ1) is 40.3. The lowest BCUT2D eigenvalue weighted by Crippen LogP contribution is -2.62. The highest BCUT2D eigenvalue weighted by molar-refractivity contribution is 5.97. The predicted octanol–water partition coefficient (Wildman–Crippen LogP) is 2.82. The van der Waals surface area contributed by atoms with Crippen LogP contribution >= 0.6 is 0 Å². The monoisotopic (exact) mass is 1190 g/mol. The van der Waals surface area contributed by atoms with E-state index < -0.39 is 134 Å². The van der Waals surface area contributed by atoms with E-state index in [2.05, 4.69) is 53.9 Å². The number of allylic oxidation sites excluding steroid dienone is 1. The van der Waals surface area contributed by atoms with Gasteiger partial charge in [-0.05, 0) is 112 Å². The molecule has 2 fully saturated rings. The molecule has 2 aliphatic heterocycles. The second-order valence-corrected chi connectivity index (χ2v) is 23.5. The molecule has 2 heterocycles. The Kier molecular flexibility index (Phi) is 29.9. The highest BCUT2D eigenvalue weighted by atomic mass is 16.3. The lowest BCUT2D eigenvalue weighted by Gasteiger charge is -2.33. The molecule has 0 spiro atoms. The quantitative estimate of drug-likeness (QED) is 0.0342. The number of carbonyl (C=O) groups excluding carboxylic acids is 7. The number of nitrogens with one attached hydrogen (secondary N) is 6. The number of amides is 7. The van der Waals surface area contributed by atoms with Crippen molar-refractivity contribution in [1.29, 1.82) is 5.41 Å². The highest BCUT2D eigenvalue weighted by Gasteiger charge is 2.46. The number of carbonyl (C=O) groups is 7. The van der Waals surface area contributed by atoms with Crippen molar-refractivity contribution in [3.8, 4) is 11.5 Å². The normalized spacial score (nSPS) is 20.3. The summed E-state index contributed by atoms with van der Waals surface area (Å²) in [5.41, 5.74) is 0.887. The zero-order valence-corrected chi connectivity index (χ0v) is 50.2. The van der Waals surface area contributed by atoms with E-state index in [0.717, 1.165) is 55.4 Å². The number of aliphatic hydroxyl groups excluding tert-OH is 6. The first kappa shape index (κ1) is 71.0. The van der Waals surface area contributed by atoms with Crippen molar-refractivity contribution in [2.75, 3.05) is 19.6 Å². The van der Waals surface area contributed by atoms with Crippen molar-refractivity contribution in [3.05, 3.63) is 72.3 Å². The van der Waals surface area contributed by atoms with Gasteiger partial charge in [0.05, 0.1) is 24.4 Å². The molecule has 0 bridgehead atoms. The fourth-order valence-corrected chi connectivity index (χ4v) is 11.1. The summed E-state index contributed by atoms with van der Waals surface area (Å²) < 4.78 is 0. The fraction of sp³-hybridized carbons (Fsp3) is 0.645. The summed E-state index contributed by atoms with van der Waals surface area (Å²) in [6, 6.07) is 2.99. The Morgan fingerprint density at radius 1 is 0.729 bits per heavy atom. The second-order valence-electron chi connectivity index (χ2n) is 23.5. The lowest BCUT2D eigenvalue weighted by atomic mass is 9.91. The molecular formula is C62H96N8O15. The molecule has 85 heavy (non-hydrogen) atoms. The number of aromatic hydroxyl groups is 2. The maximum atomic E-state index is 14.6. The number of aliphatic hydroxyl groups is 6. The number of rotatable bonds is 37. The van der Waals surface area contributed by atoms with Crippen LogP contribution in [0.2, 0.25) is 0 Å². The number of phenolic OH excluding ortho intramolecular Hbond substituents is 2. The number of benzene rings is 2. The van der Waals surface area contributed by atoms with Gasteiger partial charge in [-0.2, -0.15) is 0 Å². The SMILES string of the molecule is C=CC(=N)CC(O)CNC(=O)C(NC(=O)C1CC(O)CN1C(=O)C(NC(=O)C(CCC(CCCc1ccc(O)cc1)NC(=O)C1C(O)CCN1C(C)=O)NC(=O)CCCCCCCCC(C)CC(C)CC)C(C)O)C(O)C(O)c1ccc(O)cc1. The zero-order valence-electron chi connectivity index (χ0n) is 50.2. The molecule has 0 radical (unpaired) electrons. The molecule has 23 nitrogen and oxygen atoms in total. The molecule has 14 N–H and O–H groups in total. The van der Waals surface area contributed by atoms with E-state index in [1.165, 1.54) is 55.5 Å². The minimum absolute atomic E-state index is 0.0318. The van der Waals surface area contributed by atoms with Crippen LogP contribution in [0, 0.1) is 17.2 Å². The van der Waals surface area contributed by atoms with Crippen LogP contribution in [-0.2, 0) is 40.0 Å². The van der Waals surface area contributed by atoms with E-state index >= 15 is 0 Å². The van der Waals surface area contributed by atoms with Crippen LogP contribution in [0.5, 0.6) is 11.5 Å². The minimum Gasteiger partial charge on any atom is -0.508 e. The van der Waals surface area contributed by atoms with Gasteiger partial charge in [0.2, 0.25) is 41.4 Å². The molecule has 0 saturated carbocycles. The molecule has 2 aromatic rings. The van der Waals surface area contributed by atoms with Crippen molar-refractivity contribution < 1.29 is 74.4 Å². The predicted molar refractivity (Wildman–Crippen MR) is 318 cm³/mol. The standard InChI is InChI=1S/C62H96N8O15/c1-7-37(3)32-38(4)16-13-11-9-10-12-14-19-52(78)66-49(29-24-44(18-15-17-41-20-25-45(73)26-21-41)65-61(84)55-51(77)30-31-69(55)40(6)72)58(81)67-53(39(5)71)62(85)70-36-48(76)34-50(70)59(82)68-54(60(83)64-35-47(75)33-43(63)8-2)57(80)56(79)42-22-27-46(74)28-23-42/h8,20-23,25-28,37-39,44,47-51,53-57,63,71,73-77,79-80H,2,7,9-19,24,29-36H2,1,3-6H3,(H,64,83)(H,65,84)(H,66,78)(H,67,81)(H,68,82). The lowest BCUT2D eigenvalue weighted by molar-refractivity contribution is -0.145. The maximum absolute atomic E-state index is 14.6. The van der Waals surface area contributed by atoms with Gasteiger partial charge in [-0.3, -0.25) is 33.6 Å². The third-order valence-electron chi connectivity index (χ3n) is 16.3. The Bertz CT molecular complexity index is 2480. The molecule has 4 rings (SSSR count). The van der Waals surface area contributed by atoms with Crippen LogP contribution in [0.25, 0.3) is 0 Å². The van der Waals surface area contributed by atoms with Crippen LogP contribution in [0.3, 0.4) is 0 Å². The minimum atomic E-state index is -2.09. The van der Waals surface area contributed by atoms with Crippen molar-refractivity contribution in [1.82, 2.24) is 36.4 Å². The molecule has 14 unspecified atom stereocenters. The molecule has 23 heteroatoms. The topological polar surface area (TPSA) is 372 Å². The summed E-state index contributed by atoms with van der Waals surface area (Å²) in [6.07, 6.45) is 1.68. The molecule has 474 valence electrons. The van der Waals surface area contributed by atoms with Gasteiger partial charge in [-0.15, -0.1) is 0 Å². The summed E-state index contributed by atoms with van der Waals surface area (Å²) in [4.78, 5) is 99.8. The number of β-amino-alcohol motifs (C(OH)–C–C–N with tert-alkyl or cyclic N) is 1. The number of phenols is 2. The van der Waals surface area contributed by atoms with Gasteiger partial charge >= 0.3 is 0 Å². The van der Waals surface area contributed by atoms with Gasteiger partial charge in [0, 0.05) is 57.6 Å². The molecule has 2 aliphatic rings. The Morgan fingerprint density at radius 3 is 1.99 bits per heavy atom. The largest absolute Gasteiger partial charge is 0.508 e. The Morgan fingerprint density at radius 2 is 1.36 bits per heavy atom. The van der Waals surface area contributed by atoms with E-state index in [4.69, 9.17) is 5.41 Å². The molecule has 0 aromatic heterocycles. The molecule has 2 aromatic carbocycles. The summed E-state index contributed by atoms with van der Waals surface area (Å²) in [5.74, 6) is -4.36. The van der Waals surface area contributed by atoms with E-state index in [-0.39, 0.29) is 61.4 Å². The number of hydrogen-bond acceptors (Lipinski definition) is 16. The van der Waals surface area contributed by atoms with Gasteiger partial charge in [0.1, 0.15) is 53.9 Å². The van der Waals surface area contributed by atoms with Crippen LogP contribution in [0.15, 0.2) is 61.2 Å². The van der Waals surface area contributed by atoms with Gasteiger partial charge < -0.3 is 82.6 Å². The Labute approximate surface area is 499 Å². The second kappa shape index (κ2) is 35.8. The molecular weight excluding hydrogens is 1100 g/mol. The summed E-state index contributed by atoms with van der Waals surface area (Å²) >= 11 is 0. The van der Waals surface area contributed by atoms with Gasteiger partial charge in [-0.25, -0.2) is 0 Å². The van der Waals surface area contributed by atoms with Crippen LogP contribution in [-0.4, -0.2) is 184 Å². The summed E-state index contributed by atoms with van der Waals surface area (Å²) in [6.45, 7) is 12.0. The average molecular weight is 1190 g/mol. The number of nitrogens with zero attached hydrogens (tertiary/aromatic N) is 2. The maximum Gasteiger partial charge on any atom is 0.248 e. The van der Waals surface area contributed by atoms with Crippen LogP contribution in [0.1, 0.15) is 161 Å². The first-order valence-corrected chi connectivity index (χ1v) is 30.2. The van der Waals surface area contributed by atoms with Gasteiger partial charge in [0.15, 0.2) is 0 Å². The Balaban J connectivity index is 1.57. The average Bonchev–Trinajstić information content (AvgIpc) is 2.69. The number of likely N-dealkylation sites (tertiary alicyclic amines) is 2. The van der Waals surface area contributed by atoms with E-state index in [9.17, 15) is 74.4 Å². The third-order valence-corrected chi connectivity index (χ3v) is 16.3. The zero-order chi connectivity index (χ0) is 62.9. The third kappa shape index (κ3) is 23.4. The summed E-state index contributed by atoms with van der Waals surface area (Å²) in [5, 5.41) is 107. The van der Waals surface area contributed by atoms with Crippen molar-refractivity contribution in [3.63, 3.8) is 0 Å².